The van der Waals surface area contributed by atoms with Gasteiger partial charge in [0.25, 0.3) is 0 Å². The third-order valence-electron chi connectivity index (χ3n) is 3.71. The van der Waals surface area contributed by atoms with Gasteiger partial charge in [-0.3, -0.25) is 4.79 Å². The Hall–Kier alpha value is -1.43. The van der Waals surface area contributed by atoms with Gasteiger partial charge in [-0.25, -0.2) is 0 Å². The molecule has 0 aromatic heterocycles. The number of carbonyl (C=O) groups excluding carboxylic acids is 1. The second-order valence-electron chi connectivity index (χ2n) is 5.23. The molecule has 1 saturated heterocycles. The molecule has 1 aliphatic rings. The highest BCUT2D eigenvalue weighted by molar-refractivity contribution is 5.76. The summed E-state index contributed by atoms with van der Waals surface area (Å²) < 4.78 is 0. The molecule has 3 N–H and O–H groups in total. The first-order valence-electron chi connectivity index (χ1n) is 7.06. The predicted molar refractivity (Wildman–Crippen MR) is 77.8 cm³/mol. The minimum atomic E-state index is -0.291. The maximum Gasteiger partial charge on any atom is 0.221 e. The number of hydrogen-bond donors (Lipinski definition) is 2. The van der Waals surface area contributed by atoms with Gasteiger partial charge in [-0.15, -0.1) is 0 Å². The number of primary amides is 1. The molecular formula is C15H23N3O2. The molecule has 20 heavy (non-hydrogen) atoms. The molecule has 5 heteroatoms. The zero-order valence-electron chi connectivity index (χ0n) is 12.0. The van der Waals surface area contributed by atoms with Crippen molar-refractivity contribution in [3.05, 3.63) is 35.4 Å². The molecule has 0 saturated carbocycles. The summed E-state index contributed by atoms with van der Waals surface area (Å²) in [6.45, 7) is 2.81. The van der Waals surface area contributed by atoms with Gasteiger partial charge in [0.1, 0.15) is 0 Å². The number of hydrogen-bond acceptors (Lipinski definition) is 4. The molecule has 0 bridgehead atoms. The maximum absolute atomic E-state index is 10.8. The van der Waals surface area contributed by atoms with E-state index in [1.165, 1.54) is 5.56 Å². The SMILES string of the molecule is CON1CCC(NCc2ccc(CC(N)=O)cc2)CC1. The second kappa shape index (κ2) is 7.38. The normalized spacial score (nSPS) is 17.2. The number of rotatable bonds is 6. The van der Waals surface area contributed by atoms with Crippen molar-refractivity contribution in [3.8, 4) is 0 Å². The Morgan fingerprint density at radius 2 is 1.90 bits per heavy atom. The van der Waals surface area contributed by atoms with Crippen LogP contribution in [-0.2, 0) is 22.6 Å². The number of nitrogens with two attached hydrogens (primary N) is 1. The largest absolute Gasteiger partial charge is 0.369 e. The molecule has 1 aromatic rings. The Morgan fingerprint density at radius 1 is 1.30 bits per heavy atom. The third-order valence-corrected chi connectivity index (χ3v) is 3.71. The molecule has 0 unspecified atom stereocenters. The van der Waals surface area contributed by atoms with Crippen LogP contribution in [0, 0.1) is 0 Å². The number of hydroxylamine groups is 2. The summed E-state index contributed by atoms with van der Waals surface area (Å²) >= 11 is 0. The van der Waals surface area contributed by atoms with Gasteiger partial charge in [0, 0.05) is 25.7 Å². The van der Waals surface area contributed by atoms with E-state index in [4.69, 9.17) is 10.6 Å². The summed E-state index contributed by atoms with van der Waals surface area (Å²) in [5.74, 6) is -0.291. The average Bonchev–Trinajstić information content (AvgIpc) is 2.46. The smallest absolute Gasteiger partial charge is 0.221 e. The lowest BCUT2D eigenvalue weighted by Gasteiger charge is -2.30. The Bertz CT molecular complexity index is 425. The monoisotopic (exact) mass is 277 g/mol. The predicted octanol–water partition coefficient (Wildman–Crippen LogP) is 0.830. The van der Waals surface area contributed by atoms with Crippen LogP contribution in [-0.4, -0.2) is 37.2 Å². The van der Waals surface area contributed by atoms with Crippen molar-refractivity contribution >= 4 is 5.91 Å². The van der Waals surface area contributed by atoms with Crippen LogP contribution in [0.1, 0.15) is 24.0 Å². The van der Waals surface area contributed by atoms with Gasteiger partial charge in [0.05, 0.1) is 13.5 Å². The van der Waals surface area contributed by atoms with Crippen LogP contribution in [0.2, 0.25) is 0 Å². The van der Waals surface area contributed by atoms with Gasteiger partial charge in [0.15, 0.2) is 0 Å². The second-order valence-corrected chi connectivity index (χ2v) is 5.23. The van der Waals surface area contributed by atoms with Gasteiger partial charge in [-0.2, -0.15) is 5.06 Å². The topological polar surface area (TPSA) is 67.6 Å². The fourth-order valence-corrected chi connectivity index (χ4v) is 2.48. The minimum absolute atomic E-state index is 0.291. The van der Waals surface area contributed by atoms with Gasteiger partial charge in [-0.1, -0.05) is 24.3 Å². The number of amides is 1. The number of piperidine rings is 1. The molecule has 1 fully saturated rings. The van der Waals surface area contributed by atoms with Crippen LogP contribution in [0.5, 0.6) is 0 Å². The highest BCUT2D eigenvalue weighted by Crippen LogP contribution is 2.11. The van der Waals surface area contributed by atoms with Gasteiger partial charge in [0.2, 0.25) is 5.91 Å². The first-order valence-corrected chi connectivity index (χ1v) is 7.06. The highest BCUT2D eigenvalue weighted by Gasteiger charge is 2.18. The van der Waals surface area contributed by atoms with E-state index in [0.29, 0.717) is 12.5 Å². The average molecular weight is 277 g/mol. The van der Waals surface area contributed by atoms with Gasteiger partial charge >= 0.3 is 0 Å². The lowest BCUT2D eigenvalue weighted by Crippen LogP contribution is -2.41. The quantitative estimate of drug-likeness (QED) is 0.808. The molecule has 1 amide bonds. The molecule has 0 radical (unpaired) electrons. The molecule has 1 heterocycles. The Labute approximate surface area is 120 Å². The van der Waals surface area contributed by atoms with Crippen molar-refractivity contribution in [1.82, 2.24) is 10.4 Å². The molecule has 0 spiro atoms. The van der Waals surface area contributed by atoms with E-state index in [2.05, 4.69) is 17.4 Å². The number of nitrogens with zero attached hydrogens (tertiary/aromatic N) is 1. The molecule has 110 valence electrons. The highest BCUT2D eigenvalue weighted by atomic mass is 16.7. The lowest BCUT2D eigenvalue weighted by atomic mass is 10.1. The van der Waals surface area contributed by atoms with Crippen molar-refractivity contribution in [3.63, 3.8) is 0 Å². The number of nitrogens with one attached hydrogen (secondary N) is 1. The van der Waals surface area contributed by atoms with Crippen molar-refractivity contribution in [1.29, 1.82) is 0 Å². The van der Waals surface area contributed by atoms with Gasteiger partial charge in [-0.05, 0) is 24.0 Å². The molecule has 1 aliphatic heterocycles. The van der Waals surface area contributed by atoms with Crippen LogP contribution >= 0.6 is 0 Å². The number of carbonyl (C=O) groups is 1. The van der Waals surface area contributed by atoms with E-state index in [0.717, 1.165) is 38.0 Å². The summed E-state index contributed by atoms with van der Waals surface area (Å²) in [4.78, 5) is 16.0. The first kappa shape index (κ1) is 15.0. The van der Waals surface area contributed by atoms with Crippen molar-refractivity contribution in [2.24, 2.45) is 5.73 Å². The van der Waals surface area contributed by atoms with E-state index in [9.17, 15) is 4.79 Å². The summed E-state index contributed by atoms with van der Waals surface area (Å²) in [7, 11) is 1.72. The molecule has 1 aromatic carbocycles. The van der Waals surface area contributed by atoms with E-state index >= 15 is 0 Å². The summed E-state index contributed by atoms with van der Waals surface area (Å²) in [5, 5.41) is 5.57. The Balaban J connectivity index is 1.75. The standard InChI is InChI=1S/C15H23N3O2/c1-20-18-8-6-14(7-9-18)17-11-13-4-2-12(3-5-13)10-15(16)19/h2-5,14,17H,6-11H2,1H3,(H2,16,19). The molecule has 5 nitrogen and oxygen atoms in total. The van der Waals surface area contributed by atoms with Gasteiger partial charge < -0.3 is 15.9 Å². The summed E-state index contributed by atoms with van der Waals surface area (Å²) in [5.41, 5.74) is 7.37. The molecular weight excluding hydrogens is 254 g/mol. The molecule has 2 rings (SSSR count). The first-order chi connectivity index (χ1) is 9.67. The van der Waals surface area contributed by atoms with Crippen molar-refractivity contribution in [2.75, 3.05) is 20.2 Å². The minimum Gasteiger partial charge on any atom is -0.369 e. The van der Waals surface area contributed by atoms with E-state index in [1.807, 2.05) is 17.2 Å². The Kier molecular flexibility index (Phi) is 5.52. The van der Waals surface area contributed by atoms with Crippen LogP contribution in [0.15, 0.2) is 24.3 Å². The van der Waals surface area contributed by atoms with Crippen molar-refractivity contribution in [2.45, 2.75) is 31.8 Å². The van der Waals surface area contributed by atoms with E-state index in [1.54, 1.807) is 7.11 Å². The Morgan fingerprint density at radius 3 is 2.45 bits per heavy atom. The van der Waals surface area contributed by atoms with Crippen LogP contribution in [0.25, 0.3) is 0 Å². The maximum atomic E-state index is 10.8. The zero-order valence-corrected chi connectivity index (χ0v) is 12.0. The zero-order chi connectivity index (χ0) is 14.4. The van der Waals surface area contributed by atoms with E-state index in [-0.39, 0.29) is 5.91 Å². The molecule has 0 aliphatic carbocycles. The summed E-state index contributed by atoms with van der Waals surface area (Å²) in [6, 6.07) is 8.59. The fourth-order valence-electron chi connectivity index (χ4n) is 2.48. The fraction of sp³-hybridized carbons (Fsp3) is 0.533. The third kappa shape index (κ3) is 4.59. The van der Waals surface area contributed by atoms with Crippen LogP contribution in [0.4, 0.5) is 0 Å². The molecule has 0 atom stereocenters. The lowest BCUT2D eigenvalue weighted by molar-refractivity contribution is -0.144. The van der Waals surface area contributed by atoms with E-state index < -0.39 is 0 Å². The summed E-state index contributed by atoms with van der Waals surface area (Å²) in [6.07, 6.45) is 2.52. The van der Waals surface area contributed by atoms with Crippen LogP contribution < -0.4 is 11.1 Å². The van der Waals surface area contributed by atoms with Crippen molar-refractivity contribution < 1.29 is 9.63 Å². The number of benzene rings is 1. The van der Waals surface area contributed by atoms with Crippen LogP contribution in [0.3, 0.4) is 0 Å².